The molecule has 0 spiro atoms. The van der Waals surface area contributed by atoms with Crippen molar-refractivity contribution in [3.05, 3.63) is 58.6 Å². The summed E-state index contributed by atoms with van der Waals surface area (Å²) in [6, 6.07) is 13.7. The summed E-state index contributed by atoms with van der Waals surface area (Å²) in [6.45, 7) is 10.3. The van der Waals surface area contributed by atoms with E-state index in [1.807, 2.05) is 37.3 Å². The maximum absolute atomic E-state index is 12.9. The fourth-order valence-corrected chi connectivity index (χ4v) is 4.67. The van der Waals surface area contributed by atoms with E-state index in [1.165, 1.54) is 5.69 Å². The molecule has 0 radical (unpaired) electrons. The SMILES string of the molecule is CCN1CCN(c2ccc(NC(=O)C3CC(=O)N(Cc4ccccc4Cl)C3)c(C)c2)CC1. The second kappa shape index (κ2) is 9.92. The number of carbonyl (C=O) groups excluding carboxylic acids is 2. The number of carbonyl (C=O) groups is 2. The lowest BCUT2D eigenvalue weighted by molar-refractivity contribution is -0.128. The first kappa shape index (κ1) is 22.6. The Kier molecular flexibility index (Phi) is 7.01. The van der Waals surface area contributed by atoms with Crippen molar-refractivity contribution < 1.29 is 9.59 Å². The number of piperazine rings is 1. The van der Waals surface area contributed by atoms with Gasteiger partial charge >= 0.3 is 0 Å². The average Bonchev–Trinajstić information content (AvgIpc) is 3.17. The summed E-state index contributed by atoms with van der Waals surface area (Å²) in [5, 5.41) is 3.68. The van der Waals surface area contributed by atoms with Gasteiger partial charge in [-0.25, -0.2) is 0 Å². The number of benzene rings is 2. The fraction of sp³-hybridized carbons (Fsp3) is 0.440. The zero-order valence-corrected chi connectivity index (χ0v) is 19.6. The predicted molar refractivity (Wildman–Crippen MR) is 129 cm³/mol. The zero-order chi connectivity index (χ0) is 22.7. The minimum atomic E-state index is -0.355. The van der Waals surface area contributed by atoms with Crippen molar-refractivity contribution in [2.75, 3.05) is 49.5 Å². The Labute approximate surface area is 195 Å². The van der Waals surface area contributed by atoms with Gasteiger partial charge in [-0.15, -0.1) is 0 Å². The van der Waals surface area contributed by atoms with Crippen molar-refractivity contribution in [3.8, 4) is 0 Å². The summed E-state index contributed by atoms with van der Waals surface area (Å²) >= 11 is 6.23. The fourth-order valence-electron chi connectivity index (χ4n) is 4.47. The third-order valence-electron chi connectivity index (χ3n) is 6.56. The van der Waals surface area contributed by atoms with Crippen LogP contribution in [0.5, 0.6) is 0 Å². The van der Waals surface area contributed by atoms with E-state index < -0.39 is 0 Å². The Bertz CT molecular complexity index is 988. The first-order valence-corrected chi connectivity index (χ1v) is 11.7. The number of halogens is 1. The summed E-state index contributed by atoms with van der Waals surface area (Å²) in [4.78, 5) is 32.0. The molecule has 0 saturated carbocycles. The molecule has 1 unspecified atom stereocenters. The van der Waals surface area contributed by atoms with Gasteiger partial charge in [-0.1, -0.05) is 36.7 Å². The molecular weight excluding hydrogens is 424 g/mol. The van der Waals surface area contributed by atoms with E-state index in [9.17, 15) is 9.59 Å². The normalized spacial score (nSPS) is 19.5. The van der Waals surface area contributed by atoms with Crippen molar-refractivity contribution >= 4 is 34.8 Å². The molecule has 2 saturated heterocycles. The third kappa shape index (κ3) is 5.08. The lowest BCUT2D eigenvalue weighted by Crippen LogP contribution is -2.46. The van der Waals surface area contributed by atoms with Gasteiger partial charge in [0.25, 0.3) is 0 Å². The Morgan fingerprint density at radius 2 is 1.88 bits per heavy atom. The van der Waals surface area contributed by atoms with Gasteiger partial charge in [-0.3, -0.25) is 9.59 Å². The molecule has 6 nitrogen and oxygen atoms in total. The van der Waals surface area contributed by atoms with Crippen LogP contribution in [0, 0.1) is 12.8 Å². The summed E-state index contributed by atoms with van der Waals surface area (Å²) in [7, 11) is 0. The predicted octanol–water partition coefficient (Wildman–Crippen LogP) is 3.78. The molecule has 2 heterocycles. The largest absolute Gasteiger partial charge is 0.369 e. The Hall–Kier alpha value is -2.57. The minimum Gasteiger partial charge on any atom is -0.369 e. The molecule has 1 N–H and O–H groups in total. The molecule has 2 fully saturated rings. The summed E-state index contributed by atoms with van der Waals surface area (Å²) in [6.07, 6.45) is 0.231. The summed E-state index contributed by atoms with van der Waals surface area (Å²) < 4.78 is 0. The van der Waals surface area contributed by atoms with Crippen molar-refractivity contribution in [3.63, 3.8) is 0 Å². The van der Waals surface area contributed by atoms with Crippen molar-refractivity contribution in [1.29, 1.82) is 0 Å². The number of likely N-dealkylation sites (N-methyl/N-ethyl adjacent to an activating group) is 1. The number of likely N-dealkylation sites (tertiary alicyclic amines) is 1. The summed E-state index contributed by atoms with van der Waals surface area (Å²) in [5.41, 5.74) is 3.93. The van der Waals surface area contributed by atoms with E-state index in [2.05, 4.69) is 34.2 Å². The van der Waals surface area contributed by atoms with Gasteiger partial charge < -0.3 is 20.0 Å². The average molecular weight is 455 g/mol. The molecule has 2 aromatic rings. The Morgan fingerprint density at radius 3 is 2.56 bits per heavy atom. The topological polar surface area (TPSA) is 55.9 Å². The van der Waals surface area contributed by atoms with Crippen molar-refractivity contribution in [1.82, 2.24) is 9.80 Å². The standard InChI is InChI=1S/C25H31ClN4O2/c1-3-28-10-12-29(13-11-28)21-8-9-23(18(2)14-21)27-25(32)20-15-24(31)30(17-20)16-19-6-4-5-7-22(19)26/h4-9,14,20H,3,10-13,15-17H2,1-2H3,(H,27,32). The van der Waals surface area contributed by atoms with Crippen LogP contribution in [0.2, 0.25) is 5.02 Å². The minimum absolute atomic E-state index is 0.0108. The first-order chi connectivity index (χ1) is 15.4. The molecule has 0 aromatic heterocycles. The van der Waals surface area contributed by atoms with E-state index in [1.54, 1.807) is 4.90 Å². The second-order valence-corrected chi connectivity index (χ2v) is 9.08. The maximum Gasteiger partial charge on any atom is 0.229 e. The van der Waals surface area contributed by atoms with Gasteiger partial charge in [0.1, 0.15) is 0 Å². The number of nitrogens with one attached hydrogen (secondary N) is 1. The van der Waals surface area contributed by atoms with Gasteiger partial charge in [0, 0.05) is 62.1 Å². The number of amides is 2. The van der Waals surface area contributed by atoms with Crippen molar-refractivity contribution in [2.45, 2.75) is 26.8 Å². The van der Waals surface area contributed by atoms with Crippen LogP contribution in [0.3, 0.4) is 0 Å². The molecule has 2 amide bonds. The highest BCUT2D eigenvalue weighted by Crippen LogP contribution is 2.27. The van der Waals surface area contributed by atoms with Crippen LogP contribution in [-0.4, -0.2) is 60.9 Å². The van der Waals surface area contributed by atoms with E-state index >= 15 is 0 Å². The van der Waals surface area contributed by atoms with Crippen LogP contribution < -0.4 is 10.2 Å². The first-order valence-electron chi connectivity index (χ1n) is 11.3. The van der Waals surface area contributed by atoms with E-state index in [-0.39, 0.29) is 24.2 Å². The number of hydrogen-bond acceptors (Lipinski definition) is 4. The van der Waals surface area contributed by atoms with E-state index in [0.29, 0.717) is 18.1 Å². The van der Waals surface area contributed by atoms with E-state index in [4.69, 9.17) is 11.6 Å². The molecule has 7 heteroatoms. The lowest BCUT2D eigenvalue weighted by Gasteiger charge is -2.35. The van der Waals surface area contributed by atoms with Gasteiger partial charge in [0.05, 0.1) is 5.92 Å². The highest BCUT2D eigenvalue weighted by Gasteiger charge is 2.34. The Morgan fingerprint density at radius 1 is 1.12 bits per heavy atom. The number of hydrogen-bond donors (Lipinski definition) is 1. The van der Waals surface area contributed by atoms with Crippen LogP contribution in [0.25, 0.3) is 0 Å². The molecular formula is C25H31ClN4O2. The molecule has 2 aliphatic heterocycles. The molecule has 2 aliphatic rings. The van der Waals surface area contributed by atoms with E-state index in [0.717, 1.165) is 49.5 Å². The third-order valence-corrected chi connectivity index (χ3v) is 6.93. The lowest BCUT2D eigenvalue weighted by atomic mass is 10.1. The summed E-state index contributed by atoms with van der Waals surface area (Å²) in [5.74, 6) is -0.470. The molecule has 32 heavy (non-hydrogen) atoms. The molecule has 170 valence electrons. The molecule has 1 atom stereocenters. The Balaban J connectivity index is 1.35. The van der Waals surface area contributed by atoms with Crippen LogP contribution in [0.4, 0.5) is 11.4 Å². The highest BCUT2D eigenvalue weighted by molar-refractivity contribution is 6.31. The van der Waals surface area contributed by atoms with Crippen LogP contribution in [0.1, 0.15) is 24.5 Å². The maximum atomic E-state index is 12.9. The number of anilines is 2. The van der Waals surface area contributed by atoms with Gasteiger partial charge in [0.2, 0.25) is 11.8 Å². The molecule has 0 bridgehead atoms. The molecule has 2 aromatic carbocycles. The van der Waals surface area contributed by atoms with Crippen LogP contribution in [0.15, 0.2) is 42.5 Å². The van der Waals surface area contributed by atoms with Crippen LogP contribution in [-0.2, 0) is 16.1 Å². The number of rotatable bonds is 6. The number of nitrogens with zero attached hydrogens (tertiary/aromatic N) is 3. The van der Waals surface area contributed by atoms with Gasteiger partial charge in [0.15, 0.2) is 0 Å². The zero-order valence-electron chi connectivity index (χ0n) is 18.8. The quantitative estimate of drug-likeness (QED) is 0.721. The van der Waals surface area contributed by atoms with Crippen LogP contribution >= 0.6 is 11.6 Å². The number of aryl methyl sites for hydroxylation is 1. The monoisotopic (exact) mass is 454 g/mol. The molecule has 4 rings (SSSR count). The van der Waals surface area contributed by atoms with Crippen molar-refractivity contribution in [2.24, 2.45) is 5.92 Å². The molecule has 0 aliphatic carbocycles. The second-order valence-electron chi connectivity index (χ2n) is 8.68. The highest BCUT2D eigenvalue weighted by atomic mass is 35.5. The van der Waals surface area contributed by atoms with Gasteiger partial charge in [-0.2, -0.15) is 0 Å². The smallest absolute Gasteiger partial charge is 0.229 e. The van der Waals surface area contributed by atoms with Gasteiger partial charge in [-0.05, 0) is 48.9 Å².